The molecule has 10 nitrogen and oxygen atoms in total. The Bertz CT molecular complexity index is 520. The molecule has 7 N–H and O–H groups in total. The number of rotatable bonds is 14. The minimum atomic E-state index is -1.16. The number of unbranched alkanes of at least 4 members (excludes halogenated alkanes) is 2. The Morgan fingerprint density at radius 2 is 1.75 bits per heavy atom. The van der Waals surface area contributed by atoms with Crippen LogP contribution in [0.25, 0.3) is 0 Å². The first kappa shape index (κ1) is 25.5. The van der Waals surface area contributed by atoms with Crippen LogP contribution in [0.3, 0.4) is 0 Å². The number of aliphatic imine (C=N–C) groups is 1. The lowest BCUT2D eigenvalue weighted by Gasteiger charge is -2.22. The van der Waals surface area contributed by atoms with Gasteiger partial charge in [0.25, 0.3) is 0 Å². The average Bonchev–Trinajstić information content (AvgIpc) is 2.59. The number of hydrogen-bond donors (Lipinski definition) is 5. The molecule has 0 heterocycles. The van der Waals surface area contributed by atoms with Crippen LogP contribution in [0.1, 0.15) is 59.3 Å². The van der Waals surface area contributed by atoms with Crippen LogP contribution in [0.15, 0.2) is 4.99 Å². The molecule has 0 unspecified atom stereocenters. The fourth-order valence-corrected chi connectivity index (χ4v) is 2.44. The van der Waals surface area contributed by atoms with Gasteiger partial charge in [-0.2, -0.15) is 0 Å². The molecule has 0 rings (SSSR count). The Balaban J connectivity index is 4.75. The van der Waals surface area contributed by atoms with Crippen molar-refractivity contribution in [1.29, 1.82) is 0 Å². The second-order valence-corrected chi connectivity index (χ2v) is 7.02. The topological polar surface area (TPSA) is 169 Å². The molecule has 0 fully saturated rings. The maximum atomic E-state index is 12.5. The highest BCUT2D eigenvalue weighted by atomic mass is 16.5. The first-order chi connectivity index (χ1) is 13.2. The summed E-state index contributed by atoms with van der Waals surface area (Å²) in [6.45, 7) is 6.38. The SMILES string of the molecule is CCCCCOC(=O)N[C@@H](CC(C)C)C(=O)N[C@@H](CCCN=C(N)N)C(=O)O. The molecule has 0 aromatic heterocycles. The molecular formula is C18H35N5O5. The van der Waals surface area contributed by atoms with E-state index in [2.05, 4.69) is 15.6 Å². The number of ether oxygens (including phenoxy) is 1. The predicted molar refractivity (Wildman–Crippen MR) is 107 cm³/mol. The van der Waals surface area contributed by atoms with Gasteiger partial charge in [0, 0.05) is 6.54 Å². The van der Waals surface area contributed by atoms with E-state index in [9.17, 15) is 19.5 Å². The fourth-order valence-electron chi connectivity index (χ4n) is 2.44. The Morgan fingerprint density at radius 1 is 1.07 bits per heavy atom. The summed E-state index contributed by atoms with van der Waals surface area (Å²) in [6.07, 6.45) is 2.92. The van der Waals surface area contributed by atoms with Crippen LogP contribution in [-0.4, -0.2) is 54.3 Å². The van der Waals surface area contributed by atoms with Crippen LogP contribution < -0.4 is 22.1 Å². The number of carboxylic acids is 1. The lowest BCUT2D eigenvalue weighted by molar-refractivity contribution is -0.142. The highest BCUT2D eigenvalue weighted by Crippen LogP contribution is 2.07. The minimum Gasteiger partial charge on any atom is -0.480 e. The molecule has 0 saturated heterocycles. The lowest BCUT2D eigenvalue weighted by Crippen LogP contribution is -2.52. The quantitative estimate of drug-likeness (QED) is 0.164. The van der Waals surface area contributed by atoms with Crippen LogP contribution in [0.4, 0.5) is 4.79 Å². The van der Waals surface area contributed by atoms with Gasteiger partial charge in [0.2, 0.25) is 5.91 Å². The predicted octanol–water partition coefficient (Wildman–Crippen LogP) is 0.941. The molecule has 0 radical (unpaired) electrons. The number of carbonyl (C=O) groups is 3. The van der Waals surface area contributed by atoms with Gasteiger partial charge in [-0.1, -0.05) is 33.6 Å². The third-order valence-electron chi connectivity index (χ3n) is 3.86. The standard InChI is InChI=1S/C18H35N5O5/c1-4-5-6-10-28-18(27)23-14(11-12(2)3)15(24)22-13(16(25)26)8-7-9-21-17(19)20/h12-14H,4-11H2,1-3H3,(H,22,24)(H,23,27)(H,25,26)(H4,19,20,21)/t13-,14-/m0/s1. The summed E-state index contributed by atoms with van der Waals surface area (Å²) in [6, 6.07) is -1.98. The number of carbonyl (C=O) groups excluding carboxylic acids is 2. The lowest BCUT2D eigenvalue weighted by atomic mass is 10.0. The zero-order chi connectivity index (χ0) is 21.5. The number of carboxylic acid groups (broad SMARTS) is 1. The van der Waals surface area contributed by atoms with Crippen LogP contribution in [-0.2, 0) is 14.3 Å². The molecule has 10 heteroatoms. The molecule has 0 saturated carbocycles. The number of nitrogens with two attached hydrogens (primary N) is 2. The van der Waals surface area contributed by atoms with E-state index in [1.54, 1.807) is 0 Å². The number of amides is 2. The maximum Gasteiger partial charge on any atom is 0.407 e. The smallest absolute Gasteiger partial charge is 0.407 e. The zero-order valence-corrected chi connectivity index (χ0v) is 17.1. The molecule has 0 spiro atoms. The van der Waals surface area contributed by atoms with E-state index in [1.165, 1.54) is 0 Å². The van der Waals surface area contributed by atoms with E-state index < -0.39 is 30.1 Å². The monoisotopic (exact) mass is 401 g/mol. The number of alkyl carbamates (subject to hydrolysis) is 1. The summed E-state index contributed by atoms with van der Waals surface area (Å²) in [5.41, 5.74) is 10.4. The molecule has 2 amide bonds. The van der Waals surface area contributed by atoms with Crippen LogP contribution in [0.5, 0.6) is 0 Å². The van der Waals surface area contributed by atoms with Crippen molar-refractivity contribution in [3.05, 3.63) is 0 Å². The van der Waals surface area contributed by atoms with Gasteiger partial charge in [-0.15, -0.1) is 0 Å². The highest BCUT2D eigenvalue weighted by molar-refractivity contribution is 5.89. The normalized spacial score (nSPS) is 12.7. The highest BCUT2D eigenvalue weighted by Gasteiger charge is 2.27. The van der Waals surface area contributed by atoms with Crippen molar-refractivity contribution in [3.8, 4) is 0 Å². The number of nitrogens with one attached hydrogen (secondary N) is 2. The molecule has 162 valence electrons. The summed E-state index contributed by atoms with van der Waals surface area (Å²) < 4.78 is 5.08. The summed E-state index contributed by atoms with van der Waals surface area (Å²) in [5.74, 6) is -1.69. The largest absolute Gasteiger partial charge is 0.480 e. The third kappa shape index (κ3) is 12.8. The van der Waals surface area contributed by atoms with Gasteiger partial charge < -0.3 is 31.9 Å². The van der Waals surface area contributed by atoms with Crippen LogP contribution in [0, 0.1) is 5.92 Å². The van der Waals surface area contributed by atoms with E-state index in [-0.39, 0.29) is 31.4 Å². The number of hydrogen-bond acceptors (Lipinski definition) is 5. The van der Waals surface area contributed by atoms with Gasteiger partial charge in [0.05, 0.1) is 6.61 Å². The average molecular weight is 402 g/mol. The summed E-state index contributed by atoms with van der Waals surface area (Å²) >= 11 is 0. The molecule has 2 atom stereocenters. The van der Waals surface area contributed by atoms with Crippen molar-refractivity contribution in [2.75, 3.05) is 13.2 Å². The first-order valence-electron chi connectivity index (χ1n) is 9.69. The van der Waals surface area contributed by atoms with Gasteiger partial charge in [-0.25, -0.2) is 9.59 Å². The fraction of sp³-hybridized carbons (Fsp3) is 0.778. The Kier molecular flexibility index (Phi) is 13.2. The van der Waals surface area contributed by atoms with E-state index >= 15 is 0 Å². The Labute approximate surface area is 166 Å². The molecule has 0 aromatic carbocycles. The number of guanidine groups is 1. The van der Waals surface area contributed by atoms with Crippen LogP contribution in [0.2, 0.25) is 0 Å². The van der Waals surface area contributed by atoms with E-state index in [0.29, 0.717) is 12.8 Å². The van der Waals surface area contributed by atoms with Crippen molar-refractivity contribution in [3.63, 3.8) is 0 Å². The van der Waals surface area contributed by atoms with Gasteiger partial charge >= 0.3 is 12.1 Å². The Hall–Kier alpha value is -2.52. The van der Waals surface area contributed by atoms with Gasteiger partial charge in [-0.05, 0) is 31.6 Å². The zero-order valence-electron chi connectivity index (χ0n) is 17.1. The molecule has 0 aliphatic carbocycles. The number of nitrogens with zero attached hydrogens (tertiary/aromatic N) is 1. The van der Waals surface area contributed by atoms with Gasteiger partial charge in [-0.3, -0.25) is 9.79 Å². The second-order valence-electron chi connectivity index (χ2n) is 7.02. The molecule has 0 aliphatic rings. The second kappa shape index (κ2) is 14.5. The van der Waals surface area contributed by atoms with Crippen molar-refractivity contribution in [1.82, 2.24) is 10.6 Å². The third-order valence-corrected chi connectivity index (χ3v) is 3.86. The van der Waals surface area contributed by atoms with Gasteiger partial charge in [0.1, 0.15) is 12.1 Å². The molecule has 28 heavy (non-hydrogen) atoms. The maximum absolute atomic E-state index is 12.5. The number of aliphatic carboxylic acids is 1. The summed E-state index contributed by atoms with van der Waals surface area (Å²) in [5, 5.41) is 14.3. The van der Waals surface area contributed by atoms with Gasteiger partial charge in [0.15, 0.2) is 5.96 Å². The van der Waals surface area contributed by atoms with Crippen molar-refractivity contribution in [2.24, 2.45) is 22.4 Å². The molecule has 0 aliphatic heterocycles. The summed E-state index contributed by atoms with van der Waals surface area (Å²) in [4.78, 5) is 39.7. The van der Waals surface area contributed by atoms with Crippen molar-refractivity contribution < 1.29 is 24.2 Å². The van der Waals surface area contributed by atoms with Crippen molar-refractivity contribution >= 4 is 23.9 Å². The summed E-state index contributed by atoms with van der Waals surface area (Å²) in [7, 11) is 0. The van der Waals surface area contributed by atoms with E-state index in [0.717, 1.165) is 19.3 Å². The Morgan fingerprint density at radius 3 is 2.29 bits per heavy atom. The van der Waals surface area contributed by atoms with E-state index in [1.807, 2.05) is 20.8 Å². The van der Waals surface area contributed by atoms with E-state index in [4.69, 9.17) is 16.2 Å². The molecule has 0 bridgehead atoms. The molecular weight excluding hydrogens is 366 g/mol. The minimum absolute atomic E-state index is 0.0745. The first-order valence-corrected chi connectivity index (χ1v) is 9.69. The van der Waals surface area contributed by atoms with Crippen molar-refractivity contribution in [2.45, 2.75) is 71.4 Å². The molecule has 0 aromatic rings. The van der Waals surface area contributed by atoms with Crippen LogP contribution >= 0.6 is 0 Å².